The second-order valence-corrected chi connectivity index (χ2v) is 5.03. The zero-order valence-corrected chi connectivity index (χ0v) is 10.9. The summed E-state index contributed by atoms with van der Waals surface area (Å²) in [6.07, 6.45) is 0.584. The van der Waals surface area contributed by atoms with Gasteiger partial charge in [-0.3, -0.25) is 14.9 Å². The van der Waals surface area contributed by atoms with Crippen LogP contribution < -0.4 is 5.32 Å². The van der Waals surface area contributed by atoms with Crippen LogP contribution in [-0.2, 0) is 9.59 Å². The molecule has 3 nitrogen and oxygen atoms in total. The second kappa shape index (κ2) is 4.74. The Morgan fingerprint density at radius 3 is 2.76 bits per heavy atom. The van der Waals surface area contributed by atoms with E-state index in [0.717, 1.165) is 0 Å². The highest BCUT2D eigenvalue weighted by Gasteiger charge is 2.30. The van der Waals surface area contributed by atoms with Crippen molar-refractivity contribution in [3.8, 4) is 0 Å². The lowest BCUT2D eigenvalue weighted by molar-refractivity contribution is -0.134. The average Bonchev–Trinajstić information content (AvgIpc) is 2.24. The molecule has 1 fully saturated rings. The molecule has 17 heavy (non-hydrogen) atoms. The number of hydrogen-bond acceptors (Lipinski definition) is 2. The minimum Gasteiger partial charge on any atom is -0.296 e. The number of carbonyl (C=O) groups excluding carboxylic acids is 2. The van der Waals surface area contributed by atoms with Gasteiger partial charge < -0.3 is 0 Å². The quantitative estimate of drug-likeness (QED) is 0.639. The van der Waals surface area contributed by atoms with Gasteiger partial charge in [0.2, 0.25) is 11.8 Å². The standard InChI is InChI=1S/C11H8BrClFNO2/c12-8-4-5(14)3-7(10(8)13)6-1-2-9(16)15-11(6)17/h3-4,6H,1-2H2,(H,15,16,17). The van der Waals surface area contributed by atoms with Gasteiger partial charge in [-0.1, -0.05) is 11.6 Å². The number of imide groups is 1. The molecule has 1 aromatic carbocycles. The van der Waals surface area contributed by atoms with Crippen LogP contribution in [0.5, 0.6) is 0 Å². The van der Waals surface area contributed by atoms with Gasteiger partial charge in [-0.25, -0.2) is 4.39 Å². The largest absolute Gasteiger partial charge is 0.296 e. The van der Waals surface area contributed by atoms with E-state index in [2.05, 4.69) is 21.2 Å². The molecule has 1 aliphatic rings. The molecule has 0 radical (unpaired) electrons. The zero-order chi connectivity index (χ0) is 12.6. The van der Waals surface area contributed by atoms with E-state index in [1.54, 1.807) is 0 Å². The van der Waals surface area contributed by atoms with Crippen LogP contribution in [0, 0.1) is 5.82 Å². The number of nitrogens with one attached hydrogen (secondary N) is 1. The number of benzene rings is 1. The van der Waals surface area contributed by atoms with Gasteiger partial charge in [0.25, 0.3) is 0 Å². The van der Waals surface area contributed by atoms with E-state index in [0.29, 0.717) is 21.5 Å². The Morgan fingerprint density at radius 2 is 2.12 bits per heavy atom. The summed E-state index contributed by atoms with van der Waals surface area (Å²) in [4.78, 5) is 22.7. The third-order valence-electron chi connectivity index (χ3n) is 2.64. The number of carbonyl (C=O) groups is 2. The fourth-order valence-electron chi connectivity index (χ4n) is 1.82. The number of hydrogen-bond donors (Lipinski definition) is 1. The molecule has 2 amide bonds. The van der Waals surface area contributed by atoms with E-state index in [4.69, 9.17) is 11.6 Å². The lowest BCUT2D eigenvalue weighted by Gasteiger charge is -2.22. The summed E-state index contributed by atoms with van der Waals surface area (Å²) in [5.41, 5.74) is 0.406. The van der Waals surface area contributed by atoms with Crippen molar-refractivity contribution in [2.75, 3.05) is 0 Å². The molecule has 90 valence electrons. The molecule has 0 bridgehead atoms. The Morgan fingerprint density at radius 1 is 1.41 bits per heavy atom. The molecule has 1 N–H and O–H groups in total. The number of rotatable bonds is 1. The fraction of sp³-hybridized carbons (Fsp3) is 0.273. The first-order chi connectivity index (χ1) is 7.99. The molecule has 1 aromatic rings. The fourth-order valence-corrected chi connectivity index (χ4v) is 2.51. The Hall–Kier alpha value is -0.940. The maximum atomic E-state index is 13.3. The average molecular weight is 321 g/mol. The van der Waals surface area contributed by atoms with Crippen LogP contribution in [0.4, 0.5) is 4.39 Å². The Balaban J connectivity index is 2.40. The Labute approximate surface area is 110 Å². The third kappa shape index (κ3) is 2.50. The molecule has 0 saturated carbocycles. The molecule has 0 aliphatic carbocycles. The summed E-state index contributed by atoms with van der Waals surface area (Å²) < 4.78 is 13.7. The topological polar surface area (TPSA) is 46.2 Å². The SMILES string of the molecule is O=C1CCC(c2cc(F)cc(Br)c2Cl)C(=O)N1. The van der Waals surface area contributed by atoms with E-state index in [1.807, 2.05) is 0 Å². The van der Waals surface area contributed by atoms with Gasteiger partial charge in [0.15, 0.2) is 0 Å². The smallest absolute Gasteiger partial charge is 0.234 e. The van der Waals surface area contributed by atoms with Gasteiger partial charge >= 0.3 is 0 Å². The van der Waals surface area contributed by atoms with Crippen molar-refractivity contribution in [2.24, 2.45) is 0 Å². The highest BCUT2D eigenvalue weighted by molar-refractivity contribution is 9.10. The second-order valence-electron chi connectivity index (χ2n) is 3.79. The zero-order valence-electron chi connectivity index (χ0n) is 8.60. The van der Waals surface area contributed by atoms with Crippen molar-refractivity contribution in [1.29, 1.82) is 0 Å². The van der Waals surface area contributed by atoms with Crippen molar-refractivity contribution in [2.45, 2.75) is 18.8 Å². The van der Waals surface area contributed by atoms with Gasteiger partial charge in [-0.05, 0) is 40.0 Å². The Kier molecular flexibility index (Phi) is 3.49. The molecule has 6 heteroatoms. The molecule has 2 rings (SSSR count). The molecule has 1 aliphatic heterocycles. The molecular weight excluding hydrogens is 312 g/mol. The molecule has 1 atom stereocenters. The summed E-state index contributed by atoms with van der Waals surface area (Å²) in [6, 6.07) is 2.46. The minimum atomic E-state index is -0.577. The van der Waals surface area contributed by atoms with E-state index < -0.39 is 17.6 Å². The maximum absolute atomic E-state index is 13.3. The summed E-state index contributed by atoms with van der Waals surface area (Å²) in [5, 5.41) is 2.53. The van der Waals surface area contributed by atoms with Gasteiger partial charge in [-0.2, -0.15) is 0 Å². The van der Waals surface area contributed by atoms with E-state index in [1.165, 1.54) is 12.1 Å². The van der Waals surface area contributed by atoms with Crippen LogP contribution in [0.2, 0.25) is 5.02 Å². The highest BCUT2D eigenvalue weighted by Crippen LogP contribution is 2.35. The maximum Gasteiger partial charge on any atom is 0.234 e. The van der Waals surface area contributed by atoms with Crippen molar-refractivity contribution in [3.05, 3.63) is 33.0 Å². The molecule has 0 aromatic heterocycles. The molecule has 1 unspecified atom stereocenters. The summed E-state index contributed by atoms with van der Waals surface area (Å²) in [5.74, 6) is -1.79. The van der Waals surface area contributed by atoms with Crippen LogP contribution in [0.15, 0.2) is 16.6 Å². The van der Waals surface area contributed by atoms with Gasteiger partial charge in [0.1, 0.15) is 5.82 Å². The number of amides is 2. The Bertz CT molecular complexity index is 506. The number of piperidine rings is 1. The van der Waals surface area contributed by atoms with Crippen LogP contribution >= 0.6 is 27.5 Å². The van der Waals surface area contributed by atoms with Crippen molar-refractivity contribution in [3.63, 3.8) is 0 Å². The van der Waals surface area contributed by atoms with Gasteiger partial charge in [0.05, 0.1) is 10.9 Å². The number of halogens is 3. The normalized spacial score (nSPS) is 20.3. The lowest BCUT2D eigenvalue weighted by Crippen LogP contribution is -2.39. The van der Waals surface area contributed by atoms with Crippen molar-refractivity contribution in [1.82, 2.24) is 5.32 Å². The monoisotopic (exact) mass is 319 g/mol. The molecule has 1 heterocycles. The summed E-state index contributed by atoms with van der Waals surface area (Å²) in [6.45, 7) is 0. The highest BCUT2D eigenvalue weighted by atomic mass is 79.9. The summed E-state index contributed by atoms with van der Waals surface area (Å²) >= 11 is 9.15. The van der Waals surface area contributed by atoms with E-state index in [9.17, 15) is 14.0 Å². The first-order valence-corrected chi connectivity index (χ1v) is 6.14. The van der Waals surface area contributed by atoms with E-state index in [-0.39, 0.29) is 12.3 Å². The lowest BCUT2D eigenvalue weighted by atomic mass is 9.90. The predicted octanol–water partition coefficient (Wildman–Crippen LogP) is 2.76. The first kappa shape index (κ1) is 12.5. The van der Waals surface area contributed by atoms with Crippen LogP contribution in [0.25, 0.3) is 0 Å². The van der Waals surface area contributed by atoms with Crippen LogP contribution in [0.3, 0.4) is 0 Å². The van der Waals surface area contributed by atoms with Gasteiger partial charge in [-0.15, -0.1) is 0 Å². The van der Waals surface area contributed by atoms with Crippen LogP contribution in [0.1, 0.15) is 24.3 Å². The molecule has 1 saturated heterocycles. The van der Waals surface area contributed by atoms with Crippen molar-refractivity contribution >= 4 is 39.3 Å². The molecule has 0 spiro atoms. The van der Waals surface area contributed by atoms with E-state index >= 15 is 0 Å². The third-order valence-corrected chi connectivity index (χ3v) is 3.91. The first-order valence-electron chi connectivity index (χ1n) is 4.97. The van der Waals surface area contributed by atoms with Crippen molar-refractivity contribution < 1.29 is 14.0 Å². The summed E-state index contributed by atoms with van der Waals surface area (Å²) in [7, 11) is 0. The predicted molar refractivity (Wildman–Crippen MR) is 64.2 cm³/mol. The van der Waals surface area contributed by atoms with Crippen LogP contribution in [-0.4, -0.2) is 11.8 Å². The molecular formula is C11H8BrClFNO2. The van der Waals surface area contributed by atoms with Gasteiger partial charge in [0, 0.05) is 10.9 Å². The minimum absolute atomic E-state index is 0.237.